The third-order valence-corrected chi connectivity index (χ3v) is 6.00. The molecule has 8 heteroatoms. The summed E-state index contributed by atoms with van der Waals surface area (Å²) in [6.45, 7) is 3.78. The lowest BCUT2D eigenvalue weighted by molar-refractivity contribution is 0.151. The smallest absolute Gasteiger partial charge is 0.412 e. The maximum atomic E-state index is 12.5. The number of benzene rings is 2. The number of rotatable bonds is 6. The Morgan fingerprint density at radius 3 is 2.88 bits per heavy atom. The molecule has 0 atom stereocenters. The first-order valence-corrected chi connectivity index (χ1v) is 11.3. The summed E-state index contributed by atoms with van der Waals surface area (Å²) < 4.78 is 15.1. The predicted octanol–water partition coefficient (Wildman–Crippen LogP) is 5.01. The van der Waals surface area contributed by atoms with Crippen LogP contribution in [0.25, 0.3) is 22.3 Å². The van der Waals surface area contributed by atoms with Gasteiger partial charge in [-0.25, -0.2) is 9.78 Å². The number of hydrogen-bond donors (Lipinski definition) is 1. The number of methoxy groups -OCH3 is 1. The van der Waals surface area contributed by atoms with E-state index in [1.54, 1.807) is 7.11 Å². The number of ether oxygens (including phenoxy) is 2. The fourth-order valence-electron chi connectivity index (χ4n) is 4.38. The zero-order valence-electron chi connectivity index (χ0n) is 18.9. The van der Waals surface area contributed by atoms with Gasteiger partial charge < -0.3 is 14.0 Å². The van der Waals surface area contributed by atoms with Crippen molar-refractivity contribution in [2.24, 2.45) is 0 Å². The fraction of sp³-hybridized carbons (Fsp3) is 0.320. The van der Waals surface area contributed by atoms with E-state index in [1.165, 1.54) is 12.8 Å². The summed E-state index contributed by atoms with van der Waals surface area (Å²) in [5.41, 5.74) is 5.17. The number of nitrogens with zero attached hydrogens (tertiary/aromatic N) is 4. The van der Waals surface area contributed by atoms with Gasteiger partial charge in [-0.05, 0) is 56.2 Å². The van der Waals surface area contributed by atoms with E-state index in [4.69, 9.17) is 14.5 Å². The molecule has 0 spiro atoms. The monoisotopic (exact) mass is 445 g/mol. The standard InChI is InChI=1S/C25H27N5O3/c1-3-30-18(15-20(28-30)19-8-4-5-9-23(19)32-2)16-33-25(31)26-17-11-12-22-21(14-17)27-24-10-6-7-13-29(22)24/h4-5,8-9,11-12,14-15H,3,6-7,10,13,16H2,1-2H3,(H,26,31). The Hall–Kier alpha value is -3.81. The Morgan fingerprint density at radius 1 is 1.15 bits per heavy atom. The fourth-order valence-corrected chi connectivity index (χ4v) is 4.38. The summed E-state index contributed by atoms with van der Waals surface area (Å²) in [7, 11) is 1.64. The van der Waals surface area contributed by atoms with Crippen LogP contribution in [-0.2, 0) is 30.9 Å². The molecule has 1 aliphatic heterocycles. The number of hydrogen-bond acceptors (Lipinski definition) is 5. The van der Waals surface area contributed by atoms with E-state index in [9.17, 15) is 4.79 Å². The largest absolute Gasteiger partial charge is 0.496 e. The van der Waals surface area contributed by atoms with Gasteiger partial charge in [0, 0.05) is 30.8 Å². The summed E-state index contributed by atoms with van der Waals surface area (Å²) in [6.07, 6.45) is 2.84. The first-order valence-electron chi connectivity index (χ1n) is 11.3. The third kappa shape index (κ3) is 4.16. The maximum absolute atomic E-state index is 12.5. The van der Waals surface area contributed by atoms with Crippen molar-refractivity contribution in [3.63, 3.8) is 0 Å². The van der Waals surface area contributed by atoms with Gasteiger partial charge in [0.1, 0.15) is 18.2 Å². The van der Waals surface area contributed by atoms with Crippen LogP contribution in [-0.4, -0.2) is 32.5 Å². The van der Waals surface area contributed by atoms with E-state index < -0.39 is 6.09 Å². The van der Waals surface area contributed by atoms with Crippen molar-refractivity contribution < 1.29 is 14.3 Å². The van der Waals surface area contributed by atoms with Crippen molar-refractivity contribution in [3.05, 3.63) is 60.0 Å². The predicted molar refractivity (Wildman–Crippen MR) is 126 cm³/mol. The van der Waals surface area contributed by atoms with Gasteiger partial charge in [-0.15, -0.1) is 0 Å². The Morgan fingerprint density at radius 2 is 2.03 bits per heavy atom. The molecule has 3 heterocycles. The van der Waals surface area contributed by atoms with E-state index >= 15 is 0 Å². The zero-order valence-corrected chi connectivity index (χ0v) is 18.9. The second-order valence-electron chi connectivity index (χ2n) is 8.08. The summed E-state index contributed by atoms with van der Waals surface area (Å²) in [5, 5.41) is 7.47. The average Bonchev–Trinajstić information content (AvgIpc) is 3.43. The van der Waals surface area contributed by atoms with Gasteiger partial charge in [0.15, 0.2) is 0 Å². The number of nitrogens with one attached hydrogen (secondary N) is 1. The Labute approximate surface area is 192 Å². The molecule has 4 aromatic rings. The quantitative estimate of drug-likeness (QED) is 0.451. The zero-order chi connectivity index (χ0) is 22.8. The van der Waals surface area contributed by atoms with Gasteiger partial charge in [-0.3, -0.25) is 10.00 Å². The molecule has 33 heavy (non-hydrogen) atoms. The molecule has 0 radical (unpaired) electrons. The highest BCUT2D eigenvalue weighted by Gasteiger charge is 2.16. The summed E-state index contributed by atoms with van der Waals surface area (Å²) >= 11 is 0. The molecule has 0 unspecified atom stereocenters. The number of carbonyl (C=O) groups is 1. The minimum Gasteiger partial charge on any atom is -0.496 e. The van der Waals surface area contributed by atoms with Crippen molar-refractivity contribution in [1.82, 2.24) is 19.3 Å². The number of aromatic nitrogens is 4. The van der Waals surface area contributed by atoms with E-state index in [0.717, 1.165) is 52.5 Å². The third-order valence-electron chi connectivity index (χ3n) is 6.00. The molecule has 0 bridgehead atoms. The molecule has 1 amide bonds. The van der Waals surface area contributed by atoms with Gasteiger partial charge in [0.25, 0.3) is 0 Å². The van der Waals surface area contributed by atoms with E-state index in [1.807, 2.05) is 60.1 Å². The highest BCUT2D eigenvalue weighted by molar-refractivity contribution is 5.89. The van der Waals surface area contributed by atoms with E-state index in [-0.39, 0.29) is 6.61 Å². The van der Waals surface area contributed by atoms with Crippen LogP contribution in [0.4, 0.5) is 10.5 Å². The molecule has 8 nitrogen and oxygen atoms in total. The molecular formula is C25H27N5O3. The molecule has 0 saturated heterocycles. The number of imidazole rings is 1. The molecule has 0 fully saturated rings. The van der Waals surface area contributed by atoms with Crippen molar-refractivity contribution in [2.45, 2.75) is 45.9 Å². The lowest BCUT2D eigenvalue weighted by atomic mass is 10.1. The SMILES string of the molecule is CCn1nc(-c2ccccc2OC)cc1COC(=O)Nc1ccc2c(c1)nc1n2CCCC1. The van der Waals surface area contributed by atoms with Crippen LogP contribution in [0, 0.1) is 0 Å². The van der Waals surface area contributed by atoms with Crippen LogP contribution in [0.1, 0.15) is 31.3 Å². The summed E-state index contributed by atoms with van der Waals surface area (Å²) in [5.74, 6) is 1.87. The first-order chi connectivity index (χ1) is 16.2. The van der Waals surface area contributed by atoms with Crippen LogP contribution in [0.15, 0.2) is 48.5 Å². The highest BCUT2D eigenvalue weighted by Crippen LogP contribution is 2.29. The lowest BCUT2D eigenvalue weighted by Gasteiger charge is -2.13. The van der Waals surface area contributed by atoms with Crippen molar-refractivity contribution in [2.75, 3.05) is 12.4 Å². The summed E-state index contributed by atoms with van der Waals surface area (Å²) in [6, 6.07) is 15.5. The van der Waals surface area contributed by atoms with Crippen molar-refractivity contribution in [3.8, 4) is 17.0 Å². The van der Waals surface area contributed by atoms with Gasteiger partial charge >= 0.3 is 6.09 Å². The normalized spacial score (nSPS) is 13.0. The second-order valence-corrected chi connectivity index (χ2v) is 8.08. The van der Waals surface area contributed by atoms with Crippen LogP contribution >= 0.6 is 0 Å². The number of amides is 1. The minimum absolute atomic E-state index is 0.114. The van der Waals surface area contributed by atoms with Crippen LogP contribution in [0.2, 0.25) is 0 Å². The minimum atomic E-state index is -0.513. The molecule has 0 aliphatic carbocycles. The maximum Gasteiger partial charge on any atom is 0.412 e. The first kappa shape index (κ1) is 21.1. The number of para-hydroxylation sites is 1. The topological polar surface area (TPSA) is 83.2 Å². The molecule has 2 aromatic heterocycles. The van der Waals surface area contributed by atoms with E-state index in [2.05, 4.69) is 15.0 Å². The van der Waals surface area contributed by atoms with Crippen LogP contribution < -0.4 is 10.1 Å². The lowest BCUT2D eigenvalue weighted by Crippen LogP contribution is -2.15. The molecule has 1 N–H and O–H groups in total. The molecule has 170 valence electrons. The molecular weight excluding hydrogens is 418 g/mol. The van der Waals surface area contributed by atoms with Crippen molar-refractivity contribution >= 4 is 22.8 Å². The van der Waals surface area contributed by atoms with Gasteiger partial charge in [-0.2, -0.15) is 5.10 Å². The molecule has 1 aliphatic rings. The molecule has 0 saturated carbocycles. The number of aryl methyl sites for hydroxylation is 3. The van der Waals surface area contributed by atoms with Crippen molar-refractivity contribution in [1.29, 1.82) is 0 Å². The van der Waals surface area contributed by atoms with Crippen LogP contribution in [0.3, 0.4) is 0 Å². The molecule has 2 aromatic carbocycles. The van der Waals surface area contributed by atoms with Gasteiger partial charge in [0.05, 0.1) is 29.5 Å². The van der Waals surface area contributed by atoms with Gasteiger partial charge in [-0.1, -0.05) is 12.1 Å². The number of anilines is 1. The molecule has 5 rings (SSSR count). The average molecular weight is 446 g/mol. The highest BCUT2D eigenvalue weighted by atomic mass is 16.5. The second kappa shape index (κ2) is 8.97. The van der Waals surface area contributed by atoms with Crippen LogP contribution in [0.5, 0.6) is 5.75 Å². The van der Waals surface area contributed by atoms with E-state index in [0.29, 0.717) is 12.2 Å². The number of fused-ring (bicyclic) bond motifs is 3. The number of carbonyl (C=O) groups excluding carboxylic acids is 1. The van der Waals surface area contributed by atoms with Gasteiger partial charge in [0.2, 0.25) is 0 Å². The Kier molecular flexibility index (Phi) is 5.73. The Bertz CT molecular complexity index is 1310. The summed E-state index contributed by atoms with van der Waals surface area (Å²) in [4.78, 5) is 17.2. The Balaban J connectivity index is 1.28.